The second-order valence-electron chi connectivity index (χ2n) is 5.95. The molecule has 28 heavy (non-hydrogen) atoms. The number of carboxylic acid groups (broad SMARTS) is 1. The lowest BCUT2D eigenvalue weighted by Gasteiger charge is -2.16. The maximum Gasteiger partial charge on any atom is 0.345 e. The number of aliphatic carboxylic acids is 1. The lowest BCUT2D eigenvalue weighted by molar-refractivity contribution is -0.145. The van der Waals surface area contributed by atoms with E-state index >= 15 is 0 Å². The Labute approximate surface area is 176 Å². The molecule has 0 aliphatic carbocycles. The first-order valence-corrected chi connectivity index (χ1v) is 9.94. The molecule has 0 saturated carbocycles. The van der Waals surface area contributed by atoms with Crippen LogP contribution in [-0.4, -0.2) is 34.3 Å². The molecule has 2 aromatic heterocycles. The number of benzene rings is 1. The fourth-order valence-electron chi connectivity index (χ4n) is 2.63. The van der Waals surface area contributed by atoms with Crippen LogP contribution in [0.1, 0.15) is 17.4 Å². The van der Waals surface area contributed by atoms with Crippen LogP contribution in [-0.2, 0) is 17.1 Å². The molecule has 0 fully saturated rings. The average molecular weight is 520 g/mol. The van der Waals surface area contributed by atoms with Gasteiger partial charge in [0.2, 0.25) is 12.0 Å². The topological polar surface area (TPSA) is 81.5 Å². The first-order valence-electron chi connectivity index (χ1n) is 8.05. The van der Waals surface area contributed by atoms with Gasteiger partial charge in [-0.05, 0) is 34.2 Å². The van der Waals surface area contributed by atoms with Crippen LogP contribution in [0.3, 0.4) is 0 Å². The summed E-state index contributed by atoms with van der Waals surface area (Å²) >= 11 is 2.62. The number of methoxy groups -OCH3 is 1. The fraction of sp³-hybridized carbons (Fsp3) is 0.278. The molecular weight excluding hydrogens is 505 g/mol. The van der Waals surface area contributed by atoms with E-state index in [2.05, 4.69) is 9.97 Å². The van der Waals surface area contributed by atoms with Crippen LogP contribution in [0.4, 0.5) is 8.78 Å². The Morgan fingerprint density at radius 3 is 2.71 bits per heavy atom. The van der Waals surface area contributed by atoms with Crippen LogP contribution in [0.2, 0.25) is 0 Å². The second kappa shape index (κ2) is 8.11. The first-order chi connectivity index (χ1) is 13.2. The highest BCUT2D eigenvalue weighted by atomic mass is 127. The van der Waals surface area contributed by atoms with Crippen molar-refractivity contribution >= 4 is 50.1 Å². The molecule has 148 valence electrons. The Hall–Kier alpha value is -2.08. The van der Waals surface area contributed by atoms with E-state index in [1.54, 1.807) is 46.9 Å². The molecule has 3 aromatic rings. The molecule has 0 saturated heterocycles. The van der Waals surface area contributed by atoms with Gasteiger partial charge in [0.25, 0.3) is 5.92 Å². The Morgan fingerprint density at radius 1 is 1.36 bits per heavy atom. The molecule has 2 heterocycles. The number of carboxylic acids is 1. The monoisotopic (exact) mass is 520 g/mol. The molecule has 0 bridgehead atoms. The predicted octanol–water partition coefficient (Wildman–Crippen LogP) is 4.49. The summed E-state index contributed by atoms with van der Waals surface area (Å²) in [6.07, 6.45) is -0.0951. The van der Waals surface area contributed by atoms with Crippen LogP contribution in [0.15, 0.2) is 30.6 Å². The SMILES string of the molecule is COc1ccccc1C[C@@H](Oc1ncnc2sc(C(C)(F)F)c(I)c12)C(=O)O. The first kappa shape index (κ1) is 20.6. The van der Waals surface area contributed by atoms with Gasteiger partial charge in [-0.25, -0.2) is 23.5 Å². The van der Waals surface area contributed by atoms with Gasteiger partial charge in [-0.2, -0.15) is 0 Å². The minimum absolute atomic E-state index is 0.0162. The van der Waals surface area contributed by atoms with Gasteiger partial charge in [-0.3, -0.25) is 0 Å². The number of rotatable bonds is 7. The average Bonchev–Trinajstić information content (AvgIpc) is 2.99. The molecule has 0 amide bonds. The Kier molecular flexibility index (Phi) is 5.98. The Bertz CT molecular complexity index is 1020. The third kappa shape index (κ3) is 4.17. The van der Waals surface area contributed by atoms with Gasteiger partial charge in [0.1, 0.15) is 16.9 Å². The van der Waals surface area contributed by atoms with Crippen LogP contribution >= 0.6 is 33.9 Å². The standard InChI is InChI=1S/C18H15F2IN2O4S/c1-18(19,20)14-13(21)12-15(22-8-23-16(12)28-14)27-11(17(24)25)7-9-5-3-4-6-10(9)26-2/h3-6,8,11H,7H2,1-2H3,(H,24,25)/t11-/m1/s1. The number of halogens is 3. The van der Waals surface area contributed by atoms with E-state index < -0.39 is 18.0 Å². The molecule has 0 spiro atoms. The molecule has 10 heteroatoms. The highest BCUT2D eigenvalue weighted by molar-refractivity contribution is 14.1. The summed E-state index contributed by atoms with van der Waals surface area (Å²) in [7, 11) is 1.49. The fourth-order valence-corrected chi connectivity index (χ4v) is 5.06. The van der Waals surface area contributed by atoms with Gasteiger partial charge < -0.3 is 14.6 Å². The van der Waals surface area contributed by atoms with Crippen molar-refractivity contribution in [2.24, 2.45) is 0 Å². The van der Waals surface area contributed by atoms with E-state index in [4.69, 9.17) is 9.47 Å². The van der Waals surface area contributed by atoms with Crippen LogP contribution in [0, 0.1) is 3.57 Å². The highest BCUT2D eigenvalue weighted by Gasteiger charge is 2.33. The lowest BCUT2D eigenvalue weighted by atomic mass is 10.1. The number of hydrogen-bond donors (Lipinski definition) is 1. The highest BCUT2D eigenvalue weighted by Crippen LogP contribution is 2.43. The summed E-state index contributed by atoms with van der Waals surface area (Å²) in [5, 5.41) is 9.89. The maximum atomic E-state index is 13.9. The second-order valence-corrected chi connectivity index (χ2v) is 8.03. The van der Waals surface area contributed by atoms with Crippen molar-refractivity contribution in [1.82, 2.24) is 9.97 Å². The number of fused-ring (bicyclic) bond motifs is 1. The number of hydrogen-bond acceptors (Lipinski definition) is 6. The smallest absolute Gasteiger partial charge is 0.345 e. The zero-order valence-electron chi connectivity index (χ0n) is 14.8. The van der Waals surface area contributed by atoms with Crippen molar-refractivity contribution in [2.75, 3.05) is 7.11 Å². The zero-order chi connectivity index (χ0) is 20.5. The van der Waals surface area contributed by atoms with Crippen molar-refractivity contribution in [1.29, 1.82) is 0 Å². The van der Waals surface area contributed by atoms with Crippen LogP contribution < -0.4 is 9.47 Å². The van der Waals surface area contributed by atoms with Gasteiger partial charge >= 0.3 is 5.97 Å². The Balaban J connectivity index is 1.99. The number of nitrogens with zero attached hydrogens (tertiary/aromatic N) is 2. The number of alkyl halides is 2. The molecule has 0 aliphatic heterocycles. The molecule has 1 N–H and O–H groups in total. The van der Waals surface area contributed by atoms with E-state index in [0.717, 1.165) is 18.3 Å². The summed E-state index contributed by atoms with van der Waals surface area (Å²) < 4.78 is 38.9. The summed E-state index contributed by atoms with van der Waals surface area (Å²) in [6, 6.07) is 6.98. The van der Waals surface area contributed by atoms with Gasteiger partial charge in [0, 0.05) is 16.9 Å². The summed E-state index contributed by atoms with van der Waals surface area (Å²) in [5.74, 6) is -3.77. The molecule has 1 atom stereocenters. The quantitative estimate of drug-likeness (QED) is 0.463. The number of thiophene rings is 1. The maximum absolute atomic E-state index is 13.9. The van der Waals surface area contributed by atoms with Gasteiger partial charge in [0.15, 0.2) is 0 Å². The van der Waals surface area contributed by atoms with Crippen LogP contribution in [0.5, 0.6) is 11.6 Å². The van der Waals surface area contributed by atoms with Crippen molar-refractivity contribution in [3.8, 4) is 11.6 Å². The number of para-hydroxylation sites is 1. The summed E-state index contributed by atoms with van der Waals surface area (Å²) in [5.41, 5.74) is 0.642. The minimum Gasteiger partial charge on any atom is -0.496 e. The van der Waals surface area contributed by atoms with E-state index in [-0.39, 0.29) is 26.1 Å². The summed E-state index contributed by atoms with van der Waals surface area (Å²) in [6.45, 7) is 0.801. The molecule has 3 rings (SSSR count). The van der Waals surface area contributed by atoms with E-state index in [1.807, 2.05) is 0 Å². The van der Waals surface area contributed by atoms with Crippen molar-refractivity contribution in [2.45, 2.75) is 25.4 Å². The van der Waals surface area contributed by atoms with Crippen molar-refractivity contribution in [3.05, 3.63) is 44.6 Å². The zero-order valence-corrected chi connectivity index (χ0v) is 17.8. The van der Waals surface area contributed by atoms with E-state index in [9.17, 15) is 18.7 Å². The summed E-state index contributed by atoms with van der Waals surface area (Å²) in [4.78, 5) is 19.9. The molecule has 6 nitrogen and oxygen atoms in total. The minimum atomic E-state index is -3.05. The van der Waals surface area contributed by atoms with Crippen molar-refractivity contribution in [3.63, 3.8) is 0 Å². The third-order valence-electron chi connectivity index (χ3n) is 3.92. The predicted molar refractivity (Wildman–Crippen MR) is 108 cm³/mol. The van der Waals surface area contributed by atoms with Crippen LogP contribution in [0.25, 0.3) is 10.2 Å². The molecule has 0 radical (unpaired) electrons. The third-order valence-corrected chi connectivity index (χ3v) is 6.64. The normalized spacial score (nSPS) is 12.8. The largest absolute Gasteiger partial charge is 0.496 e. The van der Waals surface area contributed by atoms with Crippen molar-refractivity contribution < 1.29 is 28.2 Å². The van der Waals surface area contributed by atoms with E-state index in [1.165, 1.54) is 13.4 Å². The molecule has 0 aliphatic rings. The number of carbonyl (C=O) groups is 1. The molecular formula is C18H15F2IN2O4S. The lowest BCUT2D eigenvalue weighted by Crippen LogP contribution is -2.30. The molecule has 0 unspecified atom stereocenters. The van der Waals surface area contributed by atoms with E-state index in [0.29, 0.717) is 16.1 Å². The number of ether oxygens (including phenoxy) is 2. The van der Waals surface area contributed by atoms with Gasteiger partial charge in [-0.15, -0.1) is 11.3 Å². The van der Waals surface area contributed by atoms with Gasteiger partial charge in [-0.1, -0.05) is 18.2 Å². The number of aromatic nitrogens is 2. The molecule has 1 aromatic carbocycles. The van der Waals surface area contributed by atoms with Gasteiger partial charge in [0.05, 0.1) is 17.4 Å². The Morgan fingerprint density at radius 2 is 2.07 bits per heavy atom.